The van der Waals surface area contributed by atoms with Gasteiger partial charge in [0.25, 0.3) is 0 Å². The third kappa shape index (κ3) is 4.35. The largest absolute Gasteiger partial charge is 0.328 e. The van der Waals surface area contributed by atoms with Gasteiger partial charge in [-0.15, -0.1) is 0 Å². The molecule has 1 aromatic carbocycles. The fourth-order valence-corrected chi connectivity index (χ4v) is 2.75. The summed E-state index contributed by atoms with van der Waals surface area (Å²) in [4.78, 5) is 14.2. The highest BCUT2D eigenvalue weighted by molar-refractivity contribution is 6.39. The molecule has 0 spiro atoms. The van der Waals surface area contributed by atoms with Gasteiger partial charge in [0.15, 0.2) is 0 Å². The van der Waals surface area contributed by atoms with Crippen molar-refractivity contribution in [1.82, 2.24) is 4.90 Å². The van der Waals surface area contributed by atoms with Crippen LogP contribution in [0, 0.1) is 0 Å². The van der Waals surface area contributed by atoms with Crippen molar-refractivity contribution in [3.8, 4) is 0 Å². The minimum atomic E-state index is -0.0742. The number of piperidine rings is 1. The molecule has 0 atom stereocenters. The van der Waals surface area contributed by atoms with Gasteiger partial charge < -0.3 is 16.0 Å². The van der Waals surface area contributed by atoms with E-state index in [4.69, 9.17) is 28.9 Å². The van der Waals surface area contributed by atoms with Gasteiger partial charge in [-0.2, -0.15) is 0 Å². The van der Waals surface area contributed by atoms with Crippen molar-refractivity contribution in [3.63, 3.8) is 0 Å². The van der Waals surface area contributed by atoms with Gasteiger partial charge in [-0.05, 0) is 38.1 Å². The summed E-state index contributed by atoms with van der Waals surface area (Å²) >= 11 is 12.0. The van der Waals surface area contributed by atoms with Crippen molar-refractivity contribution in [1.29, 1.82) is 0 Å². The first kappa shape index (κ1) is 15.6. The van der Waals surface area contributed by atoms with Crippen LogP contribution in [0.2, 0.25) is 10.0 Å². The van der Waals surface area contributed by atoms with Crippen LogP contribution in [0.5, 0.6) is 0 Å². The highest BCUT2D eigenvalue weighted by Crippen LogP contribution is 2.29. The second-order valence-electron chi connectivity index (χ2n) is 5.07. The van der Waals surface area contributed by atoms with Crippen LogP contribution in [0.1, 0.15) is 19.3 Å². The molecule has 2 rings (SSSR count). The first-order valence-corrected chi connectivity index (χ1v) is 7.53. The number of likely N-dealkylation sites (tertiary alicyclic amines) is 1. The SMILES string of the molecule is NC1CCN(CCC(=O)Nc2c(Cl)cccc2Cl)CC1. The van der Waals surface area contributed by atoms with Crippen LogP contribution in [0.15, 0.2) is 18.2 Å². The fraction of sp³-hybridized carbons (Fsp3) is 0.500. The number of nitrogens with one attached hydrogen (secondary N) is 1. The van der Waals surface area contributed by atoms with Crippen LogP contribution in [0.3, 0.4) is 0 Å². The molecular weight excluding hydrogens is 297 g/mol. The number of nitrogens with two attached hydrogens (primary N) is 1. The molecule has 4 nitrogen and oxygen atoms in total. The predicted octanol–water partition coefficient (Wildman–Crippen LogP) is 2.75. The Balaban J connectivity index is 1.81. The minimum absolute atomic E-state index is 0.0742. The van der Waals surface area contributed by atoms with Gasteiger partial charge in [0, 0.05) is 19.0 Å². The highest BCUT2D eigenvalue weighted by atomic mass is 35.5. The molecule has 3 N–H and O–H groups in total. The van der Waals surface area contributed by atoms with Crippen molar-refractivity contribution >= 4 is 34.8 Å². The van der Waals surface area contributed by atoms with Crippen molar-refractivity contribution in [3.05, 3.63) is 28.2 Å². The van der Waals surface area contributed by atoms with Crippen molar-refractivity contribution in [2.75, 3.05) is 25.0 Å². The number of anilines is 1. The molecular formula is C14H19Cl2N3O. The molecule has 0 radical (unpaired) electrons. The van der Waals surface area contributed by atoms with E-state index in [1.54, 1.807) is 18.2 Å². The van der Waals surface area contributed by atoms with Crippen LogP contribution >= 0.6 is 23.2 Å². The Hall–Kier alpha value is -0.810. The smallest absolute Gasteiger partial charge is 0.225 e. The number of rotatable bonds is 4. The molecule has 0 saturated carbocycles. The van der Waals surface area contributed by atoms with Gasteiger partial charge in [-0.3, -0.25) is 4.79 Å². The summed E-state index contributed by atoms with van der Waals surface area (Å²) < 4.78 is 0. The minimum Gasteiger partial charge on any atom is -0.328 e. The maximum atomic E-state index is 11.9. The van der Waals surface area contributed by atoms with Crippen molar-refractivity contribution in [2.24, 2.45) is 5.73 Å². The van der Waals surface area contributed by atoms with Gasteiger partial charge in [0.05, 0.1) is 15.7 Å². The van der Waals surface area contributed by atoms with Crippen LogP contribution in [-0.4, -0.2) is 36.5 Å². The molecule has 1 amide bonds. The Labute approximate surface area is 129 Å². The average Bonchev–Trinajstić information content (AvgIpc) is 2.42. The average molecular weight is 316 g/mol. The molecule has 110 valence electrons. The summed E-state index contributed by atoms with van der Waals surface area (Å²) in [7, 11) is 0. The molecule has 1 aliphatic heterocycles. The van der Waals surface area contributed by atoms with E-state index in [1.807, 2.05) is 0 Å². The lowest BCUT2D eigenvalue weighted by Gasteiger charge is -2.29. The maximum Gasteiger partial charge on any atom is 0.225 e. The lowest BCUT2D eigenvalue weighted by atomic mass is 10.1. The molecule has 1 aliphatic rings. The lowest BCUT2D eigenvalue weighted by Crippen LogP contribution is -2.40. The topological polar surface area (TPSA) is 58.4 Å². The van der Waals surface area contributed by atoms with Crippen LogP contribution < -0.4 is 11.1 Å². The van der Waals surface area contributed by atoms with E-state index in [0.717, 1.165) is 32.5 Å². The van der Waals surface area contributed by atoms with Gasteiger partial charge in [-0.25, -0.2) is 0 Å². The molecule has 0 unspecified atom stereocenters. The van der Waals surface area contributed by atoms with E-state index >= 15 is 0 Å². The van der Waals surface area contributed by atoms with Crippen molar-refractivity contribution < 1.29 is 4.79 Å². The quantitative estimate of drug-likeness (QED) is 0.898. The van der Waals surface area contributed by atoms with Gasteiger partial charge in [0.1, 0.15) is 0 Å². The van der Waals surface area contributed by atoms with E-state index in [2.05, 4.69) is 10.2 Å². The lowest BCUT2D eigenvalue weighted by molar-refractivity contribution is -0.116. The van der Waals surface area contributed by atoms with Crippen LogP contribution in [0.4, 0.5) is 5.69 Å². The zero-order valence-electron chi connectivity index (χ0n) is 11.2. The van der Waals surface area contributed by atoms with E-state index in [9.17, 15) is 4.79 Å². The number of nitrogens with zero attached hydrogens (tertiary/aromatic N) is 1. The number of carbonyl (C=O) groups is 1. The van der Waals surface area contributed by atoms with Gasteiger partial charge >= 0.3 is 0 Å². The Morgan fingerprint density at radius 2 is 1.90 bits per heavy atom. The maximum absolute atomic E-state index is 11.9. The number of amides is 1. The molecule has 1 heterocycles. The summed E-state index contributed by atoms with van der Waals surface area (Å²) in [5.41, 5.74) is 6.34. The second kappa shape index (κ2) is 7.27. The number of hydrogen-bond donors (Lipinski definition) is 2. The molecule has 0 bridgehead atoms. The van der Waals surface area contributed by atoms with Gasteiger partial charge in [-0.1, -0.05) is 29.3 Å². The first-order valence-electron chi connectivity index (χ1n) is 6.78. The molecule has 1 saturated heterocycles. The standard InChI is InChI=1S/C14H19Cl2N3O/c15-11-2-1-3-12(16)14(11)18-13(20)6-9-19-7-4-10(17)5-8-19/h1-3,10H,4-9,17H2,(H,18,20). The second-order valence-corrected chi connectivity index (χ2v) is 5.89. The molecule has 0 aliphatic carbocycles. The third-order valence-corrected chi connectivity index (χ3v) is 4.14. The summed E-state index contributed by atoms with van der Waals surface area (Å²) in [6.07, 6.45) is 2.42. The molecule has 0 aromatic heterocycles. The Bertz CT molecular complexity index is 453. The number of para-hydroxylation sites is 1. The number of carbonyl (C=O) groups excluding carboxylic acids is 1. The number of hydrogen-bond acceptors (Lipinski definition) is 3. The fourth-order valence-electron chi connectivity index (χ4n) is 2.26. The van der Waals surface area contributed by atoms with E-state index in [0.29, 0.717) is 28.2 Å². The normalized spacial score (nSPS) is 17.1. The van der Waals surface area contributed by atoms with Crippen LogP contribution in [0.25, 0.3) is 0 Å². The van der Waals surface area contributed by atoms with Gasteiger partial charge in [0.2, 0.25) is 5.91 Å². The Kier molecular flexibility index (Phi) is 5.66. The summed E-state index contributed by atoms with van der Waals surface area (Å²) in [6.45, 7) is 2.66. The monoisotopic (exact) mass is 315 g/mol. The van der Waals surface area contributed by atoms with E-state index in [1.165, 1.54) is 0 Å². The third-order valence-electron chi connectivity index (χ3n) is 3.51. The summed E-state index contributed by atoms with van der Waals surface area (Å²) in [5, 5.41) is 3.68. The van der Waals surface area contributed by atoms with E-state index < -0.39 is 0 Å². The number of halogens is 2. The Morgan fingerprint density at radius 1 is 1.30 bits per heavy atom. The molecule has 6 heteroatoms. The van der Waals surface area contributed by atoms with E-state index in [-0.39, 0.29) is 5.91 Å². The zero-order chi connectivity index (χ0) is 14.5. The van der Waals surface area contributed by atoms with Crippen LogP contribution in [-0.2, 0) is 4.79 Å². The number of benzene rings is 1. The first-order chi connectivity index (χ1) is 9.56. The molecule has 20 heavy (non-hydrogen) atoms. The Morgan fingerprint density at radius 3 is 2.50 bits per heavy atom. The zero-order valence-corrected chi connectivity index (χ0v) is 12.8. The van der Waals surface area contributed by atoms with Crippen molar-refractivity contribution in [2.45, 2.75) is 25.3 Å². The highest BCUT2D eigenvalue weighted by Gasteiger charge is 2.17. The molecule has 1 fully saturated rings. The summed E-state index contributed by atoms with van der Waals surface area (Å²) in [5.74, 6) is -0.0742. The molecule has 1 aromatic rings. The summed E-state index contributed by atoms with van der Waals surface area (Å²) in [6, 6.07) is 5.46. The predicted molar refractivity (Wildman–Crippen MR) is 83.4 cm³/mol.